The third-order valence-electron chi connectivity index (χ3n) is 2.24. The first-order valence-electron chi connectivity index (χ1n) is 4.24. The number of aldehydes is 1. The van der Waals surface area contributed by atoms with Crippen molar-refractivity contribution in [3.8, 4) is 0 Å². The Balaban J connectivity index is 2.55. The summed E-state index contributed by atoms with van der Waals surface area (Å²) in [5, 5.41) is 0.711. The van der Waals surface area contributed by atoms with Gasteiger partial charge in [-0.1, -0.05) is 11.8 Å². The van der Waals surface area contributed by atoms with Crippen LogP contribution in [0, 0.1) is 0 Å². The Labute approximate surface area is 81.0 Å². The molecule has 1 aliphatic carbocycles. The van der Waals surface area contributed by atoms with E-state index in [1.165, 1.54) is 11.8 Å². The number of nitrogens with zero attached hydrogens (tertiary/aromatic N) is 2. The molecule has 1 aliphatic rings. The van der Waals surface area contributed by atoms with Crippen LogP contribution >= 0.6 is 11.8 Å². The van der Waals surface area contributed by atoms with Crippen LogP contribution in [0.1, 0.15) is 28.2 Å². The van der Waals surface area contributed by atoms with Crippen LogP contribution in [0.2, 0.25) is 0 Å². The van der Waals surface area contributed by atoms with Gasteiger partial charge in [-0.15, -0.1) is 0 Å². The number of carbonyl (C=O) groups excluding carboxylic acids is 1. The van der Waals surface area contributed by atoms with E-state index in [0.717, 1.165) is 36.8 Å². The van der Waals surface area contributed by atoms with Crippen molar-refractivity contribution < 1.29 is 4.79 Å². The van der Waals surface area contributed by atoms with E-state index in [0.29, 0.717) is 10.9 Å². The molecule has 0 spiro atoms. The SMILES string of the molecule is CSc1nc(C=O)c2c(n1)CCC2. The molecule has 0 unspecified atom stereocenters. The molecule has 0 fully saturated rings. The van der Waals surface area contributed by atoms with Crippen molar-refractivity contribution in [3.63, 3.8) is 0 Å². The maximum Gasteiger partial charge on any atom is 0.188 e. The van der Waals surface area contributed by atoms with Crippen LogP contribution in [0.4, 0.5) is 0 Å². The summed E-state index contributed by atoms with van der Waals surface area (Å²) in [6.45, 7) is 0. The van der Waals surface area contributed by atoms with E-state index in [2.05, 4.69) is 9.97 Å². The first-order valence-corrected chi connectivity index (χ1v) is 5.46. The Morgan fingerprint density at radius 3 is 2.92 bits per heavy atom. The Morgan fingerprint density at radius 2 is 2.23 bits per heavy atom. The minimum Gasteiger partial charge on any atom is -0.296 e. The highest BCUT2D eigenvalue weighted by molar-refractivity contribution is 7.98. The molecule has 0 atom stereocenters. The molecule has 0 amide bonds. The van der Waals surface area contributed by atoms with Crippen molar-refractivity contribution in [2.75, 3.05) is 6.26 Å². The zero-order chi connectivity index (χ0) is 9.26. The van der Waals surface area contributed by atoms with Crippen molar-refractivity contribution in [3.05, 3.63) is 17.0 Å². The van der Waals surface area contributed by atoms with Gasteiger partial charge < -0.3 is 0 Å². The highest BCUT2D eigenvalue weighted by atomic mass is 32.2. The molecule has 1 aromatic rings. The van der Waals surface area contributed by atoms with Crippen LogP contribution in [0.25, 0.3) is 0 Å². The second kappa shape index (κ2) is 3.46. The highest BCUT2D eigenvalue weighted by Crippen LogP contribution is 2.23. The first-order chi connectivity index (χ1) is 6.35. The van der Waals surface area contributed by atoms with Crippen molar-refractivity contribution in [1.82, 2.24) is 9.97 Å². The normalized spacial score (nSPS) is 14.2. The number of aryl methyl sites for hydroxylation is 1. The number of aromatic nitrogens is 2. The van der Waals surface area contributed by atoms with E-state index in [4.69, 9.17) is 0 Å². The summed E-state index contributed by atoms with van der Waals surface area (Å²) < 4.78 is 0. The lowest BCUT2D eigenvalue weighted by molar-refractivity contribution is 0.111. The fourth-order valence-corrected chi connectivity index (χ4v) is 2.02. The molecular formula is C9H10N2OS. The lowest BCUT2D eigenvalue weighted by atomic mass is 10.2. The second-order valence-corrected chi connectivity index (χ2v) is 3.77. The summed E-state index contributed by atoms with van der Waals surface area (Å²) in [6.07, 6.45) is 5.81. The summed E-state index contributed by atoms with van der Waals surface area (Å²) in [6, 6.07) is 0. The average molecular weight is 194 g/mol. The molecule has 0 aromatic carbocycles. The quantitative estimate of drug-likeness (QED) is 0.406. The smallest absolute Gasteiger partial charge is 0.188 e. The van der Waals surface area contributed by atoms with Crippen LogP contribution in [0.3, 0.4) is 0 Å². The van der Waals surface area contributed by atoms with Gasteiger partial charge in [0.15, 0.2) is 11.4 Å². The highest BCUT2D eigenvalue weighted by Gasteiger charge is 2.18. The largest absolute Gasteiger partial charge is 0.296 e. The monoisotopic (exact) mass is 194 g/mol. The zero-order valence-corrected chi connectivity index (χ0v) is 8.23. The van der Waals surface area contributed by atoms with Crippen molar-refractivity contribution in [1.29, 1.82) is 0 Å². The van der Waals surface area contributed by atoms with Crippen LogP contribution in [-0.4, -0.2) is 22.5 Å². The molecule has 0 radical (unpaired) electrons. The fraction of sp³-hybridized carbons (Fsp3) is 0.444. The van der Waals surface area contributed by atoms with Gasteiger partial charge in [-0.3, -0.25) is 4.79 Å². The second-order valence-electron chi connectivity index (χ2n) is 2.99. The van der Waals surface area contributed by atoms with E-state index in [9.17, 15) is 4.79 Å². The maximum absolute atomic E-state index is 10.7. The van der Waals surface area contributed by atoms with Gasteiger partial charge >= 0.3 is 0 Å². The first kappa shape index (κ1) is 8.69. The molecule has 4 heteroatoms. The Hall–Kier alpha value is -0.900. The maximum atomic E-state index is 10.7. The summed E-state index contributed by atoms with van der Waals surface area (Å²) in [7, 11) is 0. The summed E-state index contributed by atoms with van der Waals surface area (Å²) >= 11 is 1.48. The summed E-state index contributed by atoms with van der Waals surface area (Å²) in [5.74, 6) is 0. The minimum atomic E-state index is 0.590. The van der Waals surface area contributed by atoms with Gasteiger partial charge in [-0.2, -0.15) is 0 Å². The predicted octanol–water partition coefficient (Wildman–Crippen LogP) is 1.50. The fourth-order valence-electron chi connectivity index (χ4n) is 1.63. The number of fused-ring (bicyclic) bond motifs is 1. The molecule has 1 heterocycles. The average Bonchev–Trinajstić information content (AvgIpc) is 2.63. The molecule has 0 saturated carbocycles. The van der Waals surface area contributed by atoms with E-state index in [1.54, 1.807) is 0 Å². The molecule has 0 aliphatic heterocycles. The number of hydrogen-bond acceptors (Lipinski definition) is 4. The lowest BCUT2D eigenvalue weighted by Crippen LogP contribution is -2.01. The Morgan fingerprint density at radius 1 is 1.38 bits per heavy atom. The summed E-state index contributed by atoms with van der Waals surface area (Å²) in [5.41, 5.74) is 2.72. The Kier molecular flexibility index (Phi) is 2.31. The number of hydrogen-bond donors (Lipinski definition) is 0. The van der Waals surface area contributed by atoms with E-state index in [1.807, 2.05) is 6.26 Å². The molecule has 0 saturated heterocycles. The van der Waals surface area contributed by atoms with Crippen LogP contribution in [0.15, 0.2) is 5.16 Å². The molecular weight excluding hydrogens is 184 g/mol. The van der Waals surface area contributed by atoms with Gasteiger partial charge in [0.05, 0.1) is 0 Å². The van der Waals surface area contributed by atoms with Crippen molar-refractivity contribution in [2.45, 2.75) is 24.4 Å². The van der Waals surface area contributed by atoms with Crippen molar-refractivity contribution >= 4 is 18.0 Å². The molecule has 3 nitrogen and oxygen atoms in total. The van der Waals surface area contributed by atoms with Gasteiger partial charge in [0.1, 0.15) is 5.69 Å². The summed E-state index contributed by atoms with van der Waals surface area (Å²) in [4.78, 5) is 19.3. The molecule has 13 heavy (non-hydrogen) atoms. The third-order valence-corrected chi connectivity index (χ3v) is 2.79. The van der Waals surface area contributed by atoms with Gasteiger partial charge in [-0.05, 0) is 25.5 Å². The molecule has 0 bridgehead atoms. The predicted molar refractivity (Wildman–Crippen MR) is 51.2 cm³/mol. The number of rotatable bonds is 2. The standard InChI is InChI=1S/C9H10N2OS/c1-13-9-10-7-4-2-3-6(7)8(5-12)11-9/h5H,2-4H2,1H3. The van der Waals surface area contributed by atoms with E-state index in [-0.39, 0.29) is 0 Å². The molecule has 2 rings (SSSR count). The van der Waals surface area contributed by atoms with Gasteiger partial charge in [0.2, 0.25) is 0 Å². The van der Waals surface area contributed by atoms with Gasteiger partial charge in [-0.25, -0.2) is 9.97 Å². The molecule has 1 aromatic heterocycles. The third kappa shape index (κ3) is 1.46. The number of carbonyl (C=O) groups is 1. The lowest BCUT2D eigenvalue weighted by Gasteiger charge is -2.02. The Bertz CT molecular complexity index is 352. The van der Waals surface area contributed by atoms with Gasteiger partial charge in [0.25, 0.3) is 0 Å². The minimum absolute atomic E-state index is 0.590. The van der Waals surface area contributed by atoms with E-state index >= 15 is 0 Å². The topological polar surface area (TPSA) is 42.9 Å². The zero-order valence-electron chi connectivity index (χ0n) is 7.41. The van der Waals surface area contributed by atoms with Crippen LogP contribution < -0.4 is 0 Å². The van der Waals surface area contributed by atoms with Crippen LogP contribution in [-0.2, 0) is 12.8 Å². The number of thioether (sulfide) groups is 1. The molecule has 0 N–H and O–H groups in total. The van der Waals surface area contributed by atoms with E-state index < -0.39 is 0 Å². The van der Waals surface area contributed by atoms with Crippen LogP contribution in [0.5, 0.6) is 0 Å². The van der Waals surface area contributed by atoms with Crippen molar-refractivity contribution in [2.24, 2.45) is 0 Å². The molecule has 68 valence electrons. The van der Waals surface area contributed by atoms with Gasteiger partial charge in [0, 0.05) is 11.3 Å².